The van der Waals surface area contributed by atoms with Crippen LogP contribution < -0.4 is 14.8 Å². The average Bonchev–Trinajstić information content (AvgIpc) is 3.30. The van der Waals surface area contributed by atoms with E-state index in [4.69, 9.17) is 9.47 Å². The summed E-state index contributed by atoms with van der Waals surface area (Å²) in [5.74, 6) is 0.350. The average molecular weight is 633 g/mol. The number of aliphatic hydroxyl groups is 1. The van der Waals surface area contributed by atoms with Gasteiger partial charge in [0.25, 0.3) is 0 Å². The van der Waals surface area contributed by atoms with E-state index >= 15 is 0 Å². The fraction of sp³-hybridized carbons (Fsp3) is 0.520. The number of halogens is 1. The maximum atomic E-state index is 13.1. The second-order valence-electron chi connectivity index (χ2n) is 9.77. The lowest BCUT2D eigenvalue weighted by molar-refractivity contribution is -0.0312. The van der Waals surface area contributed by atoms with Crippen LogP contribution in [0.15, 0.2) is 56.7 Å². The second kappa shape index (κ2) is 11.9. The van der Waals surface area contributed by atoms with E-state index in [0.717, 1.165) is 16.5 Å². The van der Waals surface area contributed by atoms with Crippen LogP contribution in [0.4, 0.5) is 0 Å². The highest BCUT2D eigenvalue weighted by Gasteiger charge is 2.44. The molecule has 13 heteroatoms. The Hall–Kier alpha value is -1.58. The van der Waals surface area contributed by atoms with Crippen LogP contribution in [-0.4, -0.2) is 83.9 Å². The highest BCUT2D eigenvalue weighted by atomic mass is 79.9. The molecule has 38 heavy (non-hydrogen) atoms. The van der Waals surface area contributed by atoms with E-state index < -0.39 is 26.2 Å². The van der Waals surface area contributed by atoms with Gasteiger partial charge in [-0.05, 0) is 69.1 Å². The third-order valence-electron chi connectivity index (χ3n) is 7.08. The third kappa shape index (κ3) is 6.76. The first-order valence-corrected chi connectivity index (χ1v) is 16.1. The van der Waals surface area contributed by atoms with Gasteiger partial charge in [-0.25, -0.2) is 21.6 Å². The molecule has 0 radical (unpaired) electrons. The molecule has 0 aliphatic carbocycles. The lowest BCUT2D eigenvalue weighted by Gasteiger charge is -2.38. The first kappa shape index (κ1) is 29.4. The first-order valence-electron chi connectivity index (χ1n) is 12.4. The van der Waals surface area contributed by atoms with Crippen LogP contribution in [0.25, 0.3) is 0 Å². The largest absolute Gasteiger partial charge is 0.491 e. The number of aliphatic hydroxyl groups excluding tert-OH is 1. The Morgan fingerprint density at radius 2 is 1.89 bits per heavy atom. The molecule has 10 nitrogen and oxygen atoms in total. The van der Waals surface area contributed by atoms with Crippen molar-refractivity contribution in [1.29, 1.82) is 0 Å². The zero-order valence-electron chi connectivity index (χ0n) is 21.4. The Balaban J connectivity index is 1.23. The van der Waals surface area contributed by atoms with Gasteiger partial charge >= 0.3 is 0 Å². The number of nitrogens with zero attached hydrogens (tertiary/aromatic N) is 1. The van der Waals surface area contributed by atoms with Gasteiger partial charge in [-0.15, -0.1) is 0 Å². The van der Waals surface area contributed by atoms with Gasteiger partial charge in [-0.2, -0.15) is 4.31 Å². The van der Waals surface area contributed by atoms with Crippen molar-refractivity contribution in [2.75, 3.05) is 39.9 Å². The molecule has 2 atom stereocenters. The van der Waals surface area contributed by atoms with Crippen molar-refractivity contribution in [1.82, 2.24) is 14.3 Å². The lowest BCUT2D eigenvalue weighted by atomic mass is 9.88. The van der Waals surface area contributed by atoms with E-state index in [1.165, 1.54) is 23.5 Å². The van der Waals surface area contributed by atoms with Crippen LogP contribution in [-0.2, 0) is 24.8 Å². The van der Waals surface area contributed by atoms with Crippen LogP contribution in [0.2, 0.25) is 0 Å². The molecule has 2 fully saturated rings. The molecule has 2 saturated heterocycles. The van der Waals surface area contributed by atoms with Crippen LogP contribution in [0, 0.1) is 6.92 Å². The predicted molar refractivity (Wildman–Crippen MR) is 146 cm³/mol. The quantitative estimate of drug-likeness (QED) is 0.363. The smallest absolute Gasteiger partial charge is 0.243 e. The Morgan fingerprint density at radius 1 is 1.16 bits per heavy atom. The van der Waals surface area contributed by atoms with Gasteiger partial charge in [-0.1, -0.05) is 22.0 Å². The molecule has 2 aliphatic rings. The summed E-state index contributed by atoms with van der Waals surface area (Å²) in [5, 5.41) is 13.7. The van der Waals surface area contributed by atoms with Gasteiger partial charge in [0.2, 0.25) is 20.0 Å². The molecule has 0 unspecified atom stereocenters. The SMILES string of the molecule is CNS(=O)(=O)c1cccc(OC[C@@H](O)CN[C@H]2COC3(CCN(S(=O)(=O)c4ccc(Br)c(C)c4)CC3)C2)c1. The molecule has 2 aromatic rings. The number of hydrogen-bond donors (Lipinski definition) is 3. The topological polar surface area (TPSA) is 134 Å². The summed E-state index contributed by atoms with van der Waals surface area (Å²) in [6.07, 6.45) is 1.14. The van der Waals surface area contributed by atoms with Crippen molar-refractivity contribution in [3.05, 3.63) is 52.5 Å². The van der Waals surface area contributed by atoms with Crippen molar-refractivity contribution >= 4 is 36.0 Å². The van der Waals surface area contributed by atoms with Gasteiger partial charge in [0.15, 0.2) is 0 Å². The molecule has 4 rings (SSSR count). The maximum absolute atomic E-state index is 13.1. The summed E-state index contributed by atoms with van der Waals surface area (Å²) in [4.78, 5) is 0.386. The first-order chi connectivity index (χ1) is 17.9. The summed E-state index contributed by atoms with van der Waals surface area (Å²) in [6.45, 7) is 3.41. The van der Waals surface area contributed by atoms with E-state index in [1.807, 2.05) is 6.92 Å². The summed E-state index contributed by atoms with van der Waals surface area (Å²) >= 11 is 3.41. The summed E-state index contributed by atoms with van der Waals surface area (Å²) in [7, 11) is -5.81. The molecular formula is C25H34BrN3O7S2. The number of ether oxygens (including phenoxy) is 2. The molecule has 0 amide bonds. The molecule has 3 N–H and O–H groups in total. The second-order valence-corrected chi connectivity index (χ2v) is 14.4. The standard InChI is InChI=1S/C25H34BrN3O7S2/c1-18-12-23(6-7-24(18)26)38(33,34)29-10-8-25(9-11-29)14-19(16-36-25)28-15-20(30)17-35-21-4-3-5-22(13-21)37(31,32)27-2/h3-7,12-13,19-20,27-28,30H,8-11,14-17H2,1-2H3/t19-,20+/m1/s1. The maximum Gasteiger partial charge on any atom is 0.243 e. The summed E-state index contributed by atoms with van der Waals surface area (Å²) in [6, 6.07) is 11.2. The van der Waals surface area contributed by atoms with Crippen molar-refractivity contribution in [2.24, 2.45) is 0 Å². The molecule has 2 aromatic carbocycles. The van der Waals surface area contributed by atoms with Crippen LogP contribution in [0.5, 0.6) is 5.75 Å². The van der Waals surface area contributed by atoms with Crippen molar-refractivity contribution in [3.8, 4) is 5.75 Å². The van der Waals surface area contributed by atoms with E-state index in [9.17, 15) is 21.9 Å². The molecule has 2 heterocycles. The van der Waals surface area contributed by atoms with Gasteiger partial charge in [-0.3, -0.25) is 0 Å². The molecule has 0 aromatic heterocycles. The van der Waals surface area contributed by atoms with Crippen LogP contribution in [0.3, 0.4) is 0 Å². The Morgan fingerprint density at radius 3 is 2.58 bits per heavy atom. The zero-order chi connectivity index (χ0) is 27.6. The van der Waals surface area contributed by atoms with Crippen molar-refractivity contribution in [3.63, 3.8) is 0 Å². The number of rotatable bonds is 10. The molecule has 2 aliphatic heterocycles. The van der Waals surface area contributed by atoms with E-state index in [0.29, 0.717) is 43.2 Å². The van der Waals surface area contributed by atoms with Crippen LogP contribution >= 0.6 is 15.9 Å². The molecule has 0 saturated carbocycles. The normalized spacial score (nSPS) is 21.0. The molecule has 0 bridgehead atoms. The fourth-order valence-corrected chi connectivity index (χ4v) is 7.33. The number of piperidine rings is 1. The minimum atomic E-state index is -3.58. The molecular weight excluding hydrogens is 598 g/mol. The lowest BCUT2D eigenvalue weighted by Crippen LogP contribution is -2.47. The van der Waals surface area contributed by atoms with E-state index in [2.05, 4.69) is 26.0 Å². The van der Waals surface area contributed by atoms with Crippen molar-refractivity contribution < 1.29 is 31.4 Å². The summed E-state index contributed by atoms with van der Waals surface area (Å²) in [5.41, 5.74) is 0.496. The monoisotopic (exact) mass is 631 g/mol. The number of benzene rings is 2. The Kier molecular flexibility index (Phi) is 9.20. The molecule has 1 spiro atoms. The predicted octanol–water partition coefficient (Wildman–Crippen LogP) is 2.01. The zero-order valence-corrected chi connectivity index (χ0v) is 24.6. The van der Waals surface area contributed by atoms with Crippen LogP contribution in [0.1, 0.15) is 24.8 Å². The van der Waals surface area contributed by atoms with Gasteiger partial charge in [0.1, 0.15) is 18.5 Å². The fourth-order valence-electron chi connectivity index (χ4n) is 4.79. The van der Waals surface area contributed by atoms with Gasteiger partial charge < -0.3 is 19.9 Å². The number of hydrogen-bond acceptors (Lipinski definition) is 8. The van der Waals surface area contributed by atoms with E-state index in [-0.39, 0.29) is 29.7 Å². The van der Waals surface area contributed by atoms with Crippen molar-refractivity contribution in [2.45, 2.75) is 53.7 Å². The minimum absolute atomic E-state index is 0.00285. The number of nitrogens with one attached hydrogen (secondary N) is 2. The Labute approximate surface area is 232 Å². The number of sulfonamides is 2. The summed E-state index contributed by atoms with van der Waals surface area (Å²) < 4.78 is 66.6. The highest BCUT2D eigenvalue weighted by Crippen LogP contribution is 2.37. The number of aryl methyl sites for hydroxylation is 1. The Bertz CT molecular complexity index is 1350. The minimum Gasteiger partial charge on any atom is -0.491 e. The van der Waals surface area contributed by atoms with E-state index in [1.54, 1.807) is 30.3 Å². The third-order valence-corrected chi connectivity index (χ3v) is 11.3. The van der Waals surface area contributed by atoms with Gasteiger partial charge in [0.05, 0.1) is 22.0 Å². The molecule has 210 valence electrons. The highest BCUT2D eigenvalue weighted by molar-refractivity contribution is 9.10. The van der Waals surface area contributed by atoms with Gasteiger partial charge in [0, 0.05) is 36.2 Å².